The standard InChI is InChI=1S/C15H18FN3/c1-4-6-14-18-13(9-15(17-3)19-14)11-7-5-8-12(16)10(11)2/h5,7-9H,4,6H2,1-3H3,(H,17,18,19). The Morgan fingerprint density at radius 3 is 2.74 bits per heavy atom. The van der Waals surface area contributed by atoms with Crippen molar-refractivity contribution in [1.82, 2.24) is 9.97 Å². The highest BCUT2D eigenvalue weighted by Gasteiger charge is 2.10. The molecule has 0 radical (unpaired) electrons. The molecule has 0 fully saturated rings. The number of nitrogens with one attached hydrogen (secondary N) is 1. The molecule has 2 rings (SSSR count). The molecule has 1 heterocycles. The molecule has 100 valence electrons. The smallest absolute Gasteiger partial charge is 0.131 e. The maximum atomic E-state index is 13.6. The molecule has 0 unspecified atom stereocenters. The maximum Gasteiger partial charge on any atom is 0.131 e. The fourth-order valence-corrected chi connectivity index (χ4v) is 1.98. The van der Waals surface area contributed by atoms with Crippen LogP contribution in [0.5, 0.6) is 0 Å². The lowest BCUT2D eigenvalue weighted by atomic mass is 10.0. The minimum Gasteiger partial charge on any atom is -0.373 e. The number of hydrogen-bond acceptors (Lipinski definition) is 3. The van der Waals surface area contributed by atoms with Gasteiger partial charge in [0.15, 0.2) is 0 Å². The molecule has 0 amide bonds. The van der Waals surface area contributed by atoms with E-state index in [-0.39, 0.29) is 5.82 Å². The Morgan fingerprint density at radius 2 is 2.05 bits per heavy atom. The van der Waals surface area contributed by atoms with Crippen LogP contribution in [0.2, 0.25) is 0 Å². The second-order valence-electron chi connectivity index (χ2n) is 4.47. The monoisotopic (exact) mass is 259 g/mol. The van der Waals surface area contributed by atoms with E-state index in [9.17, 15) is 4.39 Å². The van der Waals surface area contributed by atoms with Crippen LogP contribution in [-0.4, -0.2) is 17.0 Å². The number of halogens is 1. The van der Waals surface area contributed by atoms with Crippen LogP contribution in [0.15, 0.2) is 24.3 Å². The summed E-state index contributed by atoms with van der Waals surface area (Å²) in [5, 5.41) is 3.03. The van der Waals surface area contributed by atoms with Gasteiger partial charge >= 0.3 is 0 Å². The Morgan fingerprint density at radius 1 is 1.26 bits per heavy atom. The number of aryl methyl sites for hydroxylation is 1. The molecule has 0 aliphatic heterocycles. The Bertz CT molecular complexity index is 582. The Balaban J connectivity index is 2.54. The molecular formula is C15H18FN3. The summed E-state index contributed by atoms with van der Waals surface area (Å²) < 4.78 is 13.6. The van der Waals surface area contributed by atoms with Gasteiger partial charge in [0.2, 0.25) is 0 Å². The molecule has 0 spiro atoms. The first-order valence-corrected chi connectivity index (χ1v) is 6.47. The lowest BCUT2D eigenvalue weighted by Gasteiger charge is -2.10. The number of aromatic nitrogens is 2. The number of anilines is 1. The minimum atomic E-state index is -0.209. The highest BCUT2D eigenvalue weighted by Crippen LogP contribution is 2.25. The van der Waals surface area contributed by atoms with Gasteiger partial charge in [0, 0.05) is 25.1 Å². The molecule has 19 heavy (non-hydrogen) atoms. The number of rotatable bonds is 4. The van der Waals surface area contributed by atoms with Gasteiger partial charge in [0.1, 0.15) is 17.5 Å². The van der Waals surface area contributed by atoms with Gasteiger partial charge in [-0.3, -0.25) is 0 Å². The molecule has 1 aromatic heterocycles. The summed E-state index contributed by atoms with van der Waals surface area (Å²) in [6.45, 7) is 3.85. The van der Waals surface area contributed by atoms with Gasteiger partial charge in [-0.25, -0.2) is 14.4 Å². The molecule has 1 aromatic carbocycles. The van der Waals surface area contributed by atoms with Crippen molar-refractivity contribution in [3.8, 4) is 11.3 Å². The predicted molar refractivity (Wildman–Crippen MR) is 75.7 cm³/mol. The summed E-state index contributed by atoms with van der Waals surface area (Å²) >= 11 is 0. The van der Waals surface area contributed by atoms with Gasteiger partial charge in [-0.2, -0.15) is 0 Å². The lowest BCUT2D eigenvalue weighted by molar-refractivity contribution is 0.619. The van der Waals surface area contributed by atoms with Crippen LogP contribution in [0.3, 0.4) is 0 Å². The molecule has 3 nitrogen and oxygen atoms in total. The van der Waals surface area contributed by atoms with E-state index in [1.54, 1.807) is 13.0 Å². The van der Waals surface area contributed by atoms with Crippen molar-refractivity contribution in [1.29, 1.82) is 0 Å². The first-order valence-electron chi connectivity index (χ1n) is 6.47. The number of benzene rings is 1. The first-order chi connectivity index (χ1) is 9.15. The fraction of sp³-hybridized carbons (Fsp3) is 0.333. The summed E-state index contributed by atoms with van der Waals surface area (Å²) in [6, 6.07) is 6.90. The van der Waals surface area contributed by atoms with E-state index in [0.717, 1.165) is 35.7 Å². The van der Waals surface area contributed by atoms with E-state index in [4.69, 9.17) is 0 Å². The van der Waals surface area contributed by atoms with Crippen LogP contribution in [0.4, 0.5) is 10.2 Å². The van der Waals surface area contributed by atoms with Crippen molar-refractivity contribution >= 4 is 5.82 Å². The van der Waals surface area contributed by atoms with Gasteiger partial charge in [0.25, 0.3) is 0 Å². The van der Waals surface area contributed by atoms with Crippen molar-refractivity contribution in [2.75, 3.05) is 12.4 Å². The Hall–Kier alpha value is -1.97. The average Bonchev–Trinajstić information content (AvgIpc) is 2.42. The molecule has 0 bridgehead atoms. The van der Waals surface area contributed by atoms with Gasteiger partial charge in [-0.15, -0.1) is 0 Å². The SMILES string of the molecule is CCCc1nc(NC)cc(-c2cccc(F)c2C)n1. The topological polar surface area (TPSA) is 37.8 Å². The van der Waals surface area contributed by atoms with Crippen LogP contribution >= 0.6 is 0 Å². The predicted octanol–water partition coefficient (Wildman–Crippen LogP) is 3.59. The Kier molecular flexibility index (Phi) is 4.10. The lowest BCUT2D eigenvalue weighted by Crippen LogP contribution is -2.02. The third-order valence-corrected chi connectivity index (χ3v) is 3.05. The highest BCUT2D eigenvalue weighted by molar-refractivity contribution is 5.66. The summed E-state index contributed by atoms with van der Waals surface area (Å²) in [5.41, 5.74) is 2.20. The molecule has 0 saturated carbocycles. The zero-order valence-electron chi connectivity index (χ0n) is 11.5. The third kappa shape index (κ3) is 2.89. The van der Waals surface area contributed by atoms with Crippen molar-refractivity contribution in [3.63, 3.8) is 0 Å². The van der Waals surface area contributed by atoms with Crippen molar-refractivity contribution in [2.45, 2.75) is 26.7 Å². The van der Waals surface area contributed by atoms with Crippen LogP contribution in [0.1, 0.15) is 24.7 Å². The van der Waals surface area contributed by atoms with E-state index in [2.05, 4.69) is 22.2 Å². The second kappa shape index (κ2) is 5.78. The van der Waals surface area contributed by atoms with Gasteiger partial charge in [-0.1, -0.05) is 19.1 Å². The van der Waals surface area contributed by atoms with E-state index in [1.165, 1.54) is 6.07 Å². The van der Waals surface area contributed by atoms with Crippen LogP contribution in [0.25, 0.3) is 11.3 Å². The van der Waals surface area contributed by atoms with Crippen LogP contribution < -0.4 is 5.32 Å². The average molecular weight is 259 g/mol. The highest BCUT2D eigenvalue weighted by atomic mass is 19.1. The van der Waals surface area contributed by atoms with E-state index < -0.39 is 0 Å². The molecule has 0 aliphatic rings. The van der Waals surface area contributed by atoms with Gasteiger partial charge < -0.3 is 5.32 Å². The quantitative estimate of drug-likeness (QED) is 0.911. The van der Waals surface area contributed by atoms with E-state index in [1.807, 2.05) is 19.2 Å². The Labute approximate surface area is 112 Å². The molecule has 1 N–H and O–H groups in total. The fourth-order valence-electron chi connectivity index (χ4n) is 1.98. The van der Waals surface area contributed by atoms with Crippen molar-refractivity contribution in [2.24, 2.45) is 0 Å². The summed E-state index contributed by atoms with van der Waals surface area (Å²) in [6.07, 6.45) is 1.80. The largest absolute Gasteiger partial charge is 0.373 e. The normalized spacial score (nSPS) is 10.5. The maximum absolute atomic E-state index is 13.6. The molecule has 0 aliphatic carbocycles. The minimum absolute atomic E-state index is 0.209. The van der Waals surface area contributed by atoms with Crippen molar-refractivity contribution < 1.29 is 4.39 Å². The molecule has 2 aromatic rings. The molecule has 0 saturated heterocycles. The first kappa shape index (κ1) is 13.5. The summed E-state index contributed by atoms with van der Waals surface area (Å²) in [7, 11) is 1.82. The zero-order chi connectivity index (χ0) is 13.8. The second-order valence-corrected chi connectivity index (χ2v) is 4.47. The molecular weight excluding hydrogens is 241 g/mol. The summed E-state index contributed by atoms with van der Waals surface area (Å²) in [5.74, 6) is 1.34. The third-order valence-electron chi connectivity index (χ3n) is 3.05. The number of hydrogen-bond donors (Lipinski definition) is 1. The van der Waals surface area contributed by atoms with Crippen molar-refractivity contribution in [3.05, 3.63) is 41.5 Å². The summed E-state index contributed by atoms with van der Waals surface area (Å²) in [4.78, 5) is 8.93. The molecule has 4 heteroatoms. The molecule has 0 atom stereocenters. The van der Waals surface area contributed by atoms with E-state index in [0.29, 0.717) is 5.56 Å². The zero-order valence-corrected chi connectivity index (χ0v) is 11.5. The van der Waals surface area contributed by atoms with E-state index >= 15 is 0 Å². The number of nitrogens with zero attached hydrogens (tertiary/aromatic N) is 2. The van der Waals surface area contributed by atoms with Gasteiger partial charge in [0.05, 0.1) is 5.69 Å². The van der Waals surface area contributed by atoms with Gasteiger partial charge in [-0.05, 0) is 25.0 Å². The van der Waals surface area contributed by atoms with Crippen LogP contribution in [0, 0.1) is 12.7 Å². The van der Waals surface area contributed by atoms with Crippen LogP contribution in [-0.2, 0) is 6.42 Å².